The number of para-hydroxylation sites is 1. The molecule has 0 spiro atoms. The van der Waals surface area contributed by atoms with Crippen molar-refractivity contribution in [2.24, 2.45) is 0 Å². The highest BCUT2D eigenvalue weighted by Crippen LogP contribution is 2.24. The molecule has 0 aliphatic heterocycles. The molecule has 94 valence electrons. The highest BCUT2D eigenvalue weighted by molar-refractivity contribution is 7.99. The first-order valence-corrected chi connectivity index (χ1v) is 6.91. The van der Waals surface area contributed by atoms with Gasteiger partial charge in [-0.1, -0.05) is 29.8 Å². The van der Waals surface area contributed by atoms with E-state index < -0.39 is 0 Å². The Hall–Kier alpha value is -1.61. The second-order valence-corrected chi connectivity index (χ2v) is 5.18. The summed E-state index contributed by atoms with van der Waals surface area (Å²) in [5.74, 6) is 1.81. The van der Waals surface area contributed by atoms with Gasteiger partial charge in [0.15, 0.2) is 0 Å². The highest BCUT2D eigenvalue weighted by atomic mass is 32.2. The lowest BCUT2D eigenvalue weighted by atomic mass is 10.2. The van der Waals surface area contributed by atoms with Gasteiger partial charge in [-0.2, -0.15) is 0 Å². The van der Waals surface area contributed by atoms with E-state index in [2.05, 4.69) is 19.1 Å². The Morgan fingerprint density at radius 3 is 2.50 bits per heavy atom. The first-order chi connectivity index (χ1) is 8.75. The number of hydrogen-bond donors (Lipinski definition) is 1. The second-order valence-electron chi connectivity index (χ2n) is 4.05. The van der Waals surface area contributed by atoms with Gasteiger partial charge in [0.05, 0.1) is 6.61 Å². The molecule has 0 radical (unpaired) electrons. The van der Waals surface area contributed by atoms with Crippen LogP contribution in [-0.2, 0) is 0 Å². The van der Waals surface area contributed by atoms with Crippen LogP contribution in [0.3, 0.4) is 0 Å². The van der Waals surface area contributed by atoms with Gasteiger partial charge < -0.3 is 10.5 Å². The van der Waals surface area contributed by atoms with Crippen LogP contribution in [0, 0.1) is 6.92 Å². The number of rotatable bonds is 5. The molecule has 0 aromatic heterocycles. The van der Waals surface area contributed by atoms with Crippen molar-refractivity contribution < 1.29 is 4.74 Å². The van der Waals surface area contributed by atoms with E-state index in [4.69, 9.17) is 10.5 Å². The largest absolute Gasteiger partial charge is 0.493 e. The Kier molecular flexibility index (Phi) is 4.53. The van der Waals surface area contributed by atoms with Crippen LogP contribution in [0.4, 0.5) is 5.69 Å². The van der Waals surface area contributed by atoms with E-state index >= 15 is 0 Å². The number of benzene rings is 2. The average molecular weight is 259 g/mol. The molecule has 0 heterocycles. The summed E-state index contributed by atoms with van der Waals surface area (Å²) < 4.78 is 5.66. The van der Waals surface area contributed by atoms with Crippen molar-refractivity contribution in [2.45, 2.75) is 11.8 Å². The fraction of sp³-hybridized carbons (Fsp3) is 0.200. The van der Waals surface area contributed by atoms with Crippen LogP contribution in [0.15, 0.2) is 53.4 Å². The number of nitrogens with two attached hydrogens (primary N) is 1. The molecule has 18 heavy (non-hydrogen) atoms. The molecular weight excluding hydrogens is 242 g/mol. The summed E-state index contributed by atoms with van der Waals surface area (Å²) in [6.45, 7) is 2.75. The van der Waals surface area contributed by atoms with E-state index in [1.54, 1.807) is 11.8 Å². The fourth-order valence-electron chi connectivity index (χ4n) is 1.56. The van der Waals surface area contributed by atoms with Crippen molar-refractivity contribution in [3.63, 3.8) is 0 Å². The maximum Gasteiger partial charge on any atom is 0.119 e. The Balaban J connectivity index is 1.76. The second kappa shape index (κ2) is 6.36. The molecule has 0 aliphatic rings. The number of ether oxygens (including phenoxy) is 1. The van der Waals surface area contributed by atoms with Crippen molar-refractivity contribution in [3.8, 4) is 5.75 Å². The molecule has 2 aromatic rings. The molecule has 2 nitrogen and oxygen atoms in total. The van der Waals surface area contributed by atoms with Crippen molar-refractivity contribution in [1.29, 1.82) is 0 Å². The Bertz CT molecular complexity index is 496. The quantitative estimate of drug-likeness (QED) is 0.504. The molecule has 0 bridgehead atoms. The molecule has 0 amide bonds. The Labute approximate surface area is 112 Å². The average Bonchev–Trinajstić information content (AvgIpc) is 2.39. The van der Waals surface area contributed by atoms with Gasteiger partial charge in [-0.25, -0.2) is 0 Å². The maximum atomic E-state index is 5.87. The zero-order valence-electron chi connectivity index (χ0n) is 10.4. The van der Waals surface area contributed by atoms with E-state index in [1.807, 2.05) is 36.4 Å². The highest BCUT2D eigenvalue weighted by Gasteiger charge is 1.99. The smallest absolute Gasteiger partial charge is 0.119 e. The molecular formula is C15H17NOS. The van der Waals surface area contributed by atoms with Gasteiger partial charge in [-0.05, 0) is 31.2 Å². The van der Waals surface area contributed by atoms with Crippen LogP contribution in [0.2, 0.25) is 0 Å². The lowest BCUT2D eigenvalue weighted by Gasteiger charge is -2.07. The molecule has 0 saturated heterocycles. The lowest BCUT2D eigenvalue weighted by Crippen LogP contribution is -2.00. The van der Waals surface area contributed by atoms with Gasteiger partial charge in [-0.3, -0.25) is 0 Å². The van der Waals surface area contributed by atoms with Crippen molar-refractivity contribution in [2.75, 3.05) is 18.1 Å². The van der Waals surface area contributed by atoms with Crippen molar-refractivity contribution in [3.05, 3.63) is 54.1 Å². The van der Waals surface area contributed by atoms with Crippen LogP contribution < -0.4 is 10.5 Å². The number of aryl methyl sites for hydroxylation is 1. The van der Waals surface area contributed by atoms with Crippen LogP contribution in [0.1, 0.15) is 5.56 Å². The summed E-state index contributed by atoms with van der Waals surface area (Å²) in [5, 5.41) is 0. The van der Waals surface area contributed by atoms with E-state index in [-0.39, 0.29) is 0 Å². The van der Waals surface area contributed by atoms with Gasteiger partial charge >= 0.3 is 0 Å². The van der Waals surface area contributed by atoms with Crippen molar-refractivity contribution in [1.82, 2.24) is 0 Å². The molecule has 2 rings (SSSR count). The lowest BCUT2D eigenvalue weighted by molar-refractivity contribution is 0.344. The first kappa shape index (κ1) is 12.8. The van der Waals surface area contributed by atoms with Gasteiger partial charge in [0.1, 0.15) is 5.75 Å². The van der Waals surface area contributed by atoms with Gasteiger partial charge in [0, 0.05) is 16.3 Å². The number of thioether (sulfide) groups is 1. The first-order valence-electron chi connectivity index (χ1n) is 5.92. The van der Waals surface area contributed by atoms with Gasteiger partial charge in [0.25, 0.3) is 0 Å². The standard InChI is InChI=1S/C15H17NOS/c1-12-6-8-13(9-7-12)17-10-11-18-15-5-3-2-4-14(15)16/h2-9H,10-11,16H2,1H3. The van der Waals surface area contributed by atoms with Crippen LogP contribution in [0.5, 0.6) is 5.75 Å². The summed E-state index contributed by atoms with van der Waals surface area (Å²) in [5.41, 5.74) is 7.94. The number of anilines is 1. The molecule has 2 N–H and O–H groups in total. The minimum atomic E-state index is 0.683. The minimum Gasteiger partial charge on any atom is -0.493 e. The predicted molar refractivity (Wildman–Crippen MR) is 78.3 cm³/mol. The van der Waals surface area contributed by atoms with E-state index in [0.717, 1.165) is 22.1 Å². The molecule has 0 atom stereocenters. The molecule has 3 heteroatoms. The van der Waals surface area contributed by atoms with Gasteiger partial charge in [-0.15, -0.1) is 11.8 Å². The van der Waals surface area contributed by atoms with Crippen LogP contribution >= 0.6 is 11.8 Å². The van der Waals surface area contributed by atoms with E-state index in [0.29, 0.717) is 6.61 Å². The Morgan fingerprint density at radius 1 is 1.06 bits per heavy atom. The van der Waals surface area contributed by atoms with Crippen LogP contribution in [-0.4, -0.2) is 12.4 Å². The minimum absolute atomic E-state index is 0.683. The summed E-state index contributed by atoms with van der Waals surface area (Å²) >= 11 is 1.72. The van der Waals surface area contributed by atoms with Gasteiger partial charge in [0.2, 0.25) is 0 Å². The fourth-order valence-corrected chi connectivity index (χ4v) is 2.35. The van der Waals surface area contributed by atoms with Crippen LogP contribution in [0.25, 0.3) is 0 Å². The summed E-state index contributed by atoms with van der Waals surface area (Å²) in [7, 11) is 0. The third-order valence-electron chi connectivity index (χ3n) is 2.55. The SMILES string of the molecule is Cc1ccc(OCCSc2ccccc2N)cc1. The molecule has 0 fully saturated rings. The van der Waals surface area contributed by atoms with E-state index in [1.165, 1.54) is 5.56 Å². The number of hydrogen-bond acceptors (Lipinski definition) is 3. The topological polar surface area (TPSA) is 35.2 Å². The normalized spacial score (nSPS) is 10.3. The zero-order chi connectivity index (χ0) is 12.8. The monoisotopic (exact) mass is 259 g/mol. The van der Waals surface area contributed by atoms with E-state index in [9.17, 15) is 0 Å². The summed E-state index contributed by atoms with van der Waals surface area (Å²) in [6, 6.07) is 16.0. The molecule has 0 saturated carbocycles. The maximum absolute atomic E-state index is 5.87. The molecule has 0 unspecified atom stereocenters. The third kappa shape index (κ3) is 3.70. The molecule has 2 aromatic carbocycles. The predicted octanol–water partition coefficient (Wildman–Crippen LogP) is 3.75. The van der Waals surface area contributed by atoms with Crippen molar-refractivity contribution >= 4 is 17.4 Å². The Morgan fingerprint density at radius 2 is 1.78 bits per heavy atom. The summed E-state index contributed by atoms with van der Waals surface area (Å²) in [6.07, 6.45) is 0. The third-order valence-corrected chi connectivity index (χ3v) is 3.60. The zero-order valence-corrected chi connectivity index (χ0v) is 11.2. The number of nitrogen functional groups attached to an aromatic ring is 1. The summed E-state index contributed by atoms with van der Waals surface area (Å²) in [4.78, 5) is 1.12. The molecule has 0 aliphatic carbocycles.